The van der Waals surface area contributed by atoms with E-state index in [0.29, 0.717) is 52.4 Å². The Labute approximate surface area is 214 Å². The van der Waals surface area contributed by atoms with Crippen LogP contribution in [0.5, 0.6) is 0 Å². The third-order valence-electron chi connectivity index (χ3n) is 5.85. The Morgan fingerprint density at radius 3 is 1.41 bits per heavy atom. The van der Waals surface area contributed by atoms with Crippen molar-refractivity contribution < 1.29 is 39.3 Å². The number of aliphatic carboxylic acids is 3. The Morgan fingerprint density at radius 2 is 1.14 bits per heavy atom. The van der Waals surface area contributed by atoms with E-state index in [9.17, 15) is 28.9 Å². The maximum absolute atomic E-state index is 11.4. The second-order valence-corrected chi connectivity index (χ2v) is 8.83. The largest absolute Gasteiger partial charge is 0.480 e. The average molecular weight is 532 g/mol. The molecule has 0 aromatic carbocycles. The fourth-order valence-electron chi connectivity index (χ4n) is 3.93. The molecule has 2 heterocycles. The van der Waals surface area contributed by atoms with E-state index in [-0.39, 0.29) is 32.2 Å². The Hall–Kier alpha value is -3.05. The highest BCUT2D eigenvalue weighted by Gasteiger charge is 2.21. The maximum Gasteiger partial charge on any atom is 0.320 e. The molecule has 2 rings (SSSR count). The molecule has 0 saturated carbocycles. The van der Waals surface area contributed by atoms with Gasteiger partial charge in [-0.15, -0.1) is 4.91 Å². The fraction of sp³-hybridized carbons (Fsp3) is 0.762. The summed E-state index contributed by atoms with van der Waals surface area (Å²) in [7, 11) is 0. The van der Waals surface area contributed by atoms with Crippen molar-refractivity contribution in [2.45, 2.75) is 18.9 Å². The Kier molecular flexibility index (Phi) is 15.1. The summed E-state index contributed by atoms with van der Waals surface area (Å²) < 4.78 is 0. The van der Waals surface area contributed by atoms with E-state index in [1.165, 1.54) is 0 Å². The molecule has 2 saturated heterocycles. The van der Waals surface area contributed by atoms with Gasteiger partial charge < -0.3 is 26.4 Å². The fourth-order valence-corrected chi connectivity index (χ4v) is 3.93. The van der Waals surface area contributed by atoms with Gasteiger partial charge in [0.05, 0.1) is 26.2 Å². The van der Waals surface area contributed by atoms with Crippen LogP contribution >= 0.6 is 0 Å². The van der Waals surface area contributed by atoms with Crippen LogP contribution in [0.3, 0.4) is 0 Å². The second-order valence-electron chi connectivity index (χ2n) is 8.83. The maximum atomic E-state index is 11.4. The van der Waals surface area contributed by atoms with Gasteiger partial charge in [-0.3, -0.25) is 43.6 Å². The summed E-state index contributed by atoms with van der Waals surface area (Å²) in [5.74, 6) is -4.12. The van der Waals surface area contributed by atoms with Gasteiger partial charge in [-0.05, 0) is 19.4 Å². The molecule has 2 fully saturated rings. The van der Waals surface area contributed by atoms with Crippen LogP contribution in [0.15, 0.2) is 5.18 Å². The standard InChI is InChI=1S/C16H28N6O7.C5H9NO2/c17-13(23)9-19-1-3-20(10-14(24)18-29)4-6-22(12-16(27)28)8-7-21(5-2-19)11-15(25)26;7-5(8)4-2-1-3-6-4/h1-12H2,(H2,17,23)(H,25,26)(H,27,28);4,6H,1-3H2,(H,7,8). The molecule has 16 nitrogen and oxygen atoms in total. The molecule has 0 aromatic rings. The summed E-state index contributed by atoms with van der Waals surface area (Å²) in [5, 5.41) is 31.8. The lowest BCUT2D eigenvalue weighted by Crippen LogP contribution is -2.49. The molecule has 37 heavy (non-hydrogen) atoms. The second kappa shape index (κ2) is 17.4. The van der Waals surface area contributed by atoms with Gasteiger partial charge in [0.25, 0.3) is 5.91 Å². The molecule has 0 spiro atoms. The first-order valence-corrected chi connectivity index (χ1v) is 11.9. The van der Waals surface area contributed by atoms with Gasteiger partial charge in [-0.2, -0.15) is 0 Å². The predicted molar refractivity (Wildman–Crippen MR) is 130 cm³/mol. The van der Waals surface area contributed by atoms with Crippen LogP contribution in [0, 0.1) is 4.91 Å². The summed E-state index contributed by atoms with van der Waals surface area (Å²) in [6, 6.07) is -0.269. The van der Waals surface area contributed by atoms with Gasteiger partial charge >= 0.3 is 17.9 Å². The number of nitrogens with two attached hydrogens (primary N) is 1. The molecule has 0 bridgehead atoms. The molecule has 1 atom stereocenters. The van der Waals surface area contributed by atoms with Crippen LogP contribution < -0.4 is 11.1 Å². The number of nitroso groups, excluding NO2 is 1. The number of carbonyl (C=O) groups is 5. The number of nitrogens with one attached hydrogen (secondary N) is 1. The van der Waals surface area contributed by atoms with E-state index in [0.717, 1.165) is 19.4 Å². The molecule has 210 valence electrons. The van der Waals surface area contributed by atoms with Crippen LogP contribution in [0.25, 0.3) is 0 Å². The SMILES string of the molecule is NC(=O)CN1CCN(CC(=O)O)CCN(CC(=O)O)CCN(CC(=O)N=O)CC1.O=C(O)C1CCCN1. The van der Waals surface area contributed by atoms with Crippen molar-refractivity contribution in [3.63, 3.8) is 0 Å². The zero-order valence-electron chi connectivity index (χ0n) is 20.8. The first-order valence-electron chi connectivity index (χ1n) is 11.9. The smallest absolute Gasteiger partial charge is 0.320 e. The minimum absolute atomic E-state index is 0.0280. The third-order valence-corrected chi connectivity index (χ3v) is 5.85. The number of rotatable bonds is 9. The lowest BCUT2D eigenvalue weighted by molar-refractivity contribution is -0.140. The van der Waals surface area contributed by atoms with E-state index >= 15 is 0 Å². The molecule has 2 aliphatic rings. The van der Waals surface area contributed by atoms with Gasteiger partial charge in [0.2, 0.25) is 5.91 Å². The Bertz CT molecular complexity index is 760. The minimum Gasteiger partial charge on any atom is -0.480 e. The number of hydrogen-bond donors (Lipinski definition) is 5. The first-order chi connectivity index (χ1) is 17.5. The van der Waals surface area contributed by atoms with Crippen LogP contribution in [0.4, 0.5) is 0 Å². The molecule has 0 aliphatic carbocycles. The quantitative estimate of drug-likeness (QED) is 0.187. The third kappa shape index (κ3) is 14.9. The number of nitrogens with zero attached hydrogens (tertiary/aromatic N) is 5. The van der Waals surface area contributed by atoms with E-state index in [2.05, 4.69) is 10.5 Å². The van der Waals surface area contributed by atoms with Gasteiger partial charge in [0.1, 0.15) is 6.04 Å². The average Bonchev–Trinajstić information content (AvgIpc) is 3.35. The van der Waals surface area contributed by atoms with Crippen LogP contribution in [-0.4, -0.2) is 156 Å². The van der Waals surface area contributed by atoms with Gasteiger partial charge in [0.15, 0.2) is 0 Å². The highest BCUT2D eigenvalue weighted by Crippen LogP contribution is 2.04. The molecule has 2 aliphatic heterocycles. The molecular formula is C21H37N7O9. The number of amides is 2. The van der Waals surface area contributed by atoms with E-state index in [4.69, 9.17) is 21.1 Å². The normalized spacial score (nSPS) is 21.0. The van der Waals surface area contributed by atoms with Crippen molar-refractivity contribution in [3.8, 4) is 0 Å². The number of hydrogen-bond acceptors (Lipinski definition) is 11. The zero-order valence-corrected chi connectivity index (χ0v) is 20.8. The van der Waals surface area contributed by atoms with Crippen molar-refractivity contribution in [2.24, 2.45) is 10.9 Å². The molecule has 16 heteroatoms. The first kappa shape index (κ1) is 32.0. The molecule has 6 N–H and O–H groups in total. The van der Waals surface area contributed by atoms with Gasteiger partial charge in [-0.1, -0.05) is 0 Å². The van der Waals surface area contributed by atoms with Crippen LogP contribution in [0.2, 0.25) is 0 Å². The Morgan fingerprint density at radius 1 is 0.730 bits per heavy atom. The van der Waals surface area contributed by atoms with Crippen molar-refractivity contribution in [3.05, 3.63) is 4.91 Å². The molecular weight excluding hydrogens is 494 g/mol. The van der Waals surface area contributed by atoms with Crippen LogP contribution in [-0.2, 0) is 24.0 Å². The predicted octanol–water partition coefficient (Wildman–Crippen LogP) is -3.02. The lowest BCUT2D eigenvalue weighted by atomic mass is 10.2. The number of carbonyl (C=O) groups excluding carboxylic acids is 2. The summed E-state index contributed by atoms with van der Waals surface area (Å²) in [6.45, 7) is 2.80. The highest BCUT2D eigenvalue weighted by molar-refractivity contribution is 5.78. The Balaban J connectivity index is 0.000000722. The van der Waals surface area contributed by atoms with E-state index < -0.39 is 29.7 Å². The minimum atomic E-state index is -1.02. The molecule has 1 unspecified atom stereocenters. The highest BCUT2D eigenvalue weighted by atomic mass is 16.4. The van der Waals surface area contributed by atoms with Crippen molar-refractivity contribution >= 4 is 29.7 Å². The van der Waals surface area contributed by atoms with Gasteiger partial charge in [-0.25, -0.2) is 0 Å². The van der Waals surface area contributed by atoms with Crippen molar-refractivity contribution in [1.29, 1.82) is 0 Å². The molecule has 0 aromatic heterocycles. The molecule has 2 amide bonds. The number of carboxylic acids is 3. The summed E-state index contributed by atoms with van der Waals surface area (Å²) in [4.78, 5) is 72.4. The monoisotopic (exact) mass is 531 g/mol. The van der Waals surface area contributed by atoms with Crippen LogP contribution in [0.1, 0.15) is 12.8 Å². The summed E-state index contributed by atoms with van der Waals surface area (Å²) >= 11 is 0. The summed E-state index contributed by atoms with van der Waals surface area (Å²) in [5.41, 5.74) is 5.28. The number of carboxylic acid groups (broad SMARTS) is 3. The van der Waals surface area contributed by atoms with Crippen molar-refractivity contribution in [1.82, 2.24) is 24.9 Å². The summed E-state index contributed by atoms with van der Waals surface area (Å²) in [6.07, 6.45) is 1.78. The number of primary amides is 1. The van der Waals surface area contributed by atoms with E-state index in [1.807, 2.05) is 0 Å². The van der Waals surface area contributed by atoms with E-state index in [1.54, 1.807) is 19.6 Å². The topological polar surface area (TPSA) is 226 Å². The molecule has 0 radical (unpaired) electrons. The lowest BCUT2D eigenvalue weighted by Gasteiger charge is -2.32. The van der Waals surface area contributed by atoms with Crippen molar-refractivity contribution in [2.75, 3.05) is 85.1 Å². The van der Waals surface area contributed by atoms with Gasteiger partial charge in [0, 0.05) is 57.5 Å². The zero-order chi connectivity index (χ0) is 27.8.